The summed E-state index contributed by atoms with van der Waals surface area (Å²) in [4.78, 5) is 17.5. The maximum atomic E-state index is 12.9. The van der Waals surface area contributed by atoms with E-state index in [1.165, 1.54) is 0 Å². The number of hydrogen-bond donors (Lipinski definition) is 1. The van der Waals surface area contributed by atoms with E-state index in [1.54, 1.807) is 10.7 Å². The first-order chi connectivity index (χ1) is 15.4. The maximum absolute atomic E-state index is 12.9. The summed E-state index contributed by atoms with van der Waals surface area (Å²) in [6.45, 7) is 7.05. The molecule has 2 heterocycles. The van der Waals surface area contributed by atoms with Gasteiger partial charge in [-0.15, -0.1) is 0 Å². The number of hydrogen-bond acceptors (Lipinski definition) is 5. The van der Waals surface area contributed by atoms with Crippen molar-refractivity contribution in [3.63, 3.8) is 0 Å². The molecule has 7 nitrogen and oxygen atoms in total. The van der Waals surface area contributed by atoms with Crippen LogP contribution in [-0.4, -0.2) is 33.4 Å². The number of amides is 1. The summed E-state index contributed by atoms with van der Waals surface area (Å²) in [7, 11) is 0. The molecular formula is C24H27ClN4O3. The van der Waals surface area contributed by atoms with Gasteiger partial charge in [-0.2, -0.15) is 5.10 Å². The Kier molecular flexibility index (Phi) is 6.65. The van der Waals surface area contributed by atoms with Crippen LogP contribution in [0.2, 0.25) is 5.02 Å². The highest BCUT2D eigenvalue weighted by Gasteiger charge is 2.24. The zero-order valence-electron chi connectivity index (χ0n) is 18.5. The number of ether oxygens (including phenoxy) is 2. The van der Waals surface area contributed by atoms with Gasteiger partial charge in [0.25, 0.3) is 0 Å². The van der Waals surface area contributed by atoms with Gasteiger partial charge in [-0.1, -0.05) is 29.8 Å². The van der Waals surface area contributed by atoms with E-state index in [0.717, 1.165) is 23.3 Å². The fraction of sp³-hybridized carbons (Fsp3) is 0.375. The van der Waals surface area contributed by atoms with E-state index in [4.69, 9.17) is 21.1 Å². The molecular weight excluding hydrogens is 428 g/mol. The van der Waals surface area contributed by atoms with Gasteiger partial charge in [-0.3, -0.25) is 4.79 Å². The van der Waals surface area contributed by atoms with E-state index in [2.05, 4.69) is 15.4 Å². The number of aromatic nitrogens is 3. The van der Waals surface area contributed by atoms with Crippen LogP contribution < -0.4 is 14.8 Å². The summed E-state index contributed by atoms with van der Waals surface area (Å²) in [5, 5.41) is 8.25. The lowest BCUT2D eigenvalue weighted by atomic mass is 10.0. The van der Waals surface area contributed by atoms with Crippen LogP contribution in [-0.2, 0) is 17.8 Å². The highest BCUT2D eigenvalue weighted by atomic mass is 35.5. The highest BCUT2D eigenvalue weighted by Crippen LogP contribution is 2.32. The summed E-state index contributed by atoms with van der Waals surface area (Å²) >= 11 is 6.26. The van der Waals surface area contributed by atoms with E-state index in [-0.39, 0.29) is 24.5 Å². The molecule has 1 aliphatic heterocycles. The molecule has 0 saturated heterocycles. The zero-order chi connectivity index (χ0) is 22.7. The number of aryl methyl sites for hydroxylation is 1. The fourth-order valence-electron chi connectivity index (χ4n) is 3.75. The van der Waals surface area contributed by atoms with E-state index < -0.39 is 0 Å². The summed E-state index contributed by atoms with van der Waals surface area (Å²) < 4.78 is 13.2. The molecule has 0 saturated carbocycles. The van der Waals surface area contributed by atoms with Crippen molar-refractivity contribution in [1.29, 1.82) is 0 Å². The first-order valence-corrected chi connectivity index (χ1v) is 11.2. The number of benzene rings is 2. The van der Waals surface area contributed by atoms with Crippen molar-refractivity contribution in [2.45, 2.75) is 52.3 Å². The molecule has 0 spiro atoms. The fourth-order valence-corrected chi connectivity index (χ4v) is 3.91. The second-order valence-electron chi connectivity index (χ2n) is 7.95. The van der Waals surface area contributed by atoms with Crippen LogP contribution >= 0.6 is 11.6 Å². The van der Waals surface area contributed by atoms with Gasteiger partial charge in [0, 0.05) is 24.1 Å². The molecule has 1 N–H and O–H groups in total. The molecule has 0 radical (unpaired) electrons. The lowest BCUT2D eigenvalue weighted by Crippen LogP contribution is -2.33. The molecule has 1 aliphatic rings. The van der Waals surface area contributed by atoms with E-state index >= 15 is 0 Å². The normalized spacial score (nSPS) is 15.2. The smallest absolute Gasteiger partial charge is 0.228 e. The number of carbonyl (C=O) groups is 1. The predicted octanol–water partition coefficient (Wildman–Crippen LogP) is 4.59. The van der Waals surface area contributed by atoms with Crippen LogP contribution in [0, 0.1) is 0 Å². The van der Waals surface area contributed by atoms with Gasteiger partial charge in [-0.25, -0.2) is 9.67 Å². The Morgan fingerprint density at radius 1 is 1.31 bits per heavy atom. The molecule has 8 heteroatoms. The van der Waals surface area contributed by atoms with Crippen molar-refractivity contribution in [2.24, 2.45) is 0 Å². The molecule has 1 atom stereocenters. The van der Waals surface area contributed by atoms with Gasteiger partial charge in [0.15, 0.2) is 5.82 Å². The predicted molar refractivity (Wildman–Crippen MR) is 123 cm³/mol. The molecule has 32 heavy (non-hydrogen) atoms. The van der Waals surface area contributed by atoms with Crippen molar-refractivity contribution >= 4 is 17.5 Å². The average Bonchev–Trinajstić information content (AvgIpc) is 3.18. The average molecular weight is 455 g/mol. The van der Waals surface area contributed by atoms with Crippen LogP contribution in [0.15, 0.2) is 42.5 Å². The van der Waals surface area contributed by atoms with Gasteiger partial charge in [0.1, 0.15) is 17.3 Å². The summed E-state index contributed by atoms with van der Waals surface area (Å²) in [6, 6.07) is 13.2. The Balaban J connectivity index is 1.51. The summed E-state index contributed by atoms with van der Waals surface area (Å²) in [5.74, 6) is 2.47. The van der Waals surface area contributed by atoms with Crippen LogP contribution in [0.3, 0.4) is 0 Å². The third-order valence-electron chi connectivity index (χ3n) is 5.21. The Hall–Kier alpha value is -3.06. The second-order valence-corrected chi connectivity index (χ2v) is 8.36. The molecule has 0 aliphatic carbocycles. The minimum Gasteiger partial charge on any atom is -0.493 e. The number of nitrogens with one attached hydrogen (secondary N) is 1. The molecule has 4 rings (SSSR count). The summed E-state index contributed by atoms with van der Waals surface area (Å²) in [5.41, 5.74) is 1.79. The lowest BCUT2D eigenvalue weighted by molar-refractivity contribution is -0.121. The molecule has 168 valence electrons. The zero-order valence-corrected chi connectivity index (χ0v) is 19.2. The standard InChI is InChI=1S/C24H27ClN4O3/c1-4-29-22(14-23(30)26-19-11-12-31-20-8-6-5-7-17(19)20)27-24(28-29)16-9-10-18(25)21(13-16)32-15(2)3/h5-10,13,15,19H,4,11-12,14H2,1-3H3,(H,26,30)/t19-/m0/s1. The van der Waals surface area contributed by atoms with E-state index in [1.807, 2.05) is 57.2 Å². The molecule has 2 aromatic carbocycles. The monoisotopic (exact) mass is 454 g/mol. The van der Waals surface area contributed by atoms with Gasteiger partial charge in [0.2, 0.25) is 5.91 Å². The molecule has 0 unspecified atom stereocenters. The SMILES string of the molecule is CCn1nc(-c2ccc(Cl)c(OC(C)C)c2)nc1CC(=O)N[C@H]1CCOc2ccccc21. The summed E-state index contributed by atoms with van der Waals surface area (Å²) in [6.07, 6.45) is 0.875. The van der Waals surface area contributed by atoms with Crippen LogP contribution in [0.25, 0.3) is 11.4 Å². The minimum absolute atomic E-state index is 0.00140. The van der Waals surface area contributed by atoms with Crippen LogP contribution in [0.4, 0.5) is 0 Å². The third kappa shape index (κ3) is 4.88. The van der Waals surface area contributed by atoms with Gasteiger partial charge in [0.05, 0.1) is 30.2 Å². The highest BCUT2D eigenvalue weighted by molar-refractivity contribution is 6.32. The first kappa shape index (κ1) is 22.1. The first-order valence-electron chi connectivity index (χ1n) is 10.9. The number of para-hydroxylation sites is 1. The van der Waals surface area contributed by atoms with Crippen LogP contribution in [0.5, 0.6) is 11.5 Å². The number of fused-ring (bicyclic) bond motifs is 1. The van der Waals surface area contributed by atoms with E-state index in [0.29, 0.717) is 35.6 Å². The van der Waals surface area contributed by atoms with Crippen molar-refractivity contribution in [3.05, 3.63) is 58.9 Å². The van der Waals surface area contributed by atoms with Gasteiger partial charge < -0.3 is 14.8 Å². The van der Waals surface area contributed by atoms with Crippen molar-refractivity contribution < 1.29 is 14.3 Å². The van der Waals surface area contributed by atoms with E-state index in [9.17, 15) is 4.79 Å². The number of halogens is 1. The number of rotatable bonds is 7. The van der Waals surface area contributed by atoms with Crippen molar-refractivity contribution in [3.8, 4) is 22.9 Å². The Bertz CT molecular complexity index is 1110. The molecule has 1 aromatic heterocycles. The topological polar surface area (TPSA) is 78.3 Å². The van der Waals surface area contributed by atoms with Crippen LogP contribution in [0.1, 0.15) is 44.6 Å². The minimum atomic E-state index is -0.0970. The lowest BCUT2D eigenvalue weighted by Gasteiger charge is -2.26. The third-order valence-corrected chi connectivity index (χ3v) is 5.52. The Morgan fingerprint density at radius 2 is 2.12 bits per heavy atom. The maximum Gasteiger partial charge on any atom is 0.228 e. The quantitative estimate of drug-likeness (QED) is 0.565. The number of nitrogens with zero attached hydrogens (tertiary/aromatic N) is 3. The Morgan fingerprint density at radius 3 is 2.91 bits per heavy atom. The van der Waals surface area contributed by atoms with Gasteiger partial charge in [-0.05, 0) is 45.0 Å². The molecule has 3 aromatic rings. The molecule has 1 amide bonds. The van der Waals surface area contributed by atoms with Crippen molar-refractivity contribution in [2.75, 3.05) is 6.61 Å². The van der Waals surface area contributed by atoms with Crippen molar-refractivity contribution in [1.82, 2.24) is 20.1 Å². The van der Waals surface area contributed by atoms with Gasteiger partial charge >= 0.3 is 0 Å². The largest absolute Gasteiger partial charge is 0.493 e. The Labute approximate surface area is 192 Å². The molecule has 0 bridgehead atoms. The second kappa shape index (κ2) is 9.61. The molecule has 0 fully saturated rings. The number of carbonyl (C=O) groups excluding carboxylic acids is 1.